The van der Waals surface area contributed by atoms with Gasteiger partial charge < -0.3 is 28.5 Å². The molecule has 3 atom stereocenters. The van der Waals surface area contributed by atoms with Gasteiger partial charge in [0.25, 0.3) is 7.82 Å². The largest absolute Gasteiger partial charge is 0.756 e. The van der Waals surface area contributed by atoms with Crippen LogP contribution in [0.5, 0.6) is 0 Å². The summed E-state index contributed by atoms with van der Waals surface area (Å²) >= 11 is 0. The van der Waals surface area contributed by atoms with E-state index in [1.807, 2.05) is 45.4 Å². The van der Waals surface area contributed by atoms with Gasteiger partial charge in [0.1, 0.15) is 19.3 Å². The predicted octanol–water partition coefficient (Wildman–Crippen LogP) is 20.4. The molecule has 0 aliphatic rings. The Labute approximate surface area is 510 Å². The number of amides is 1. The Balaban J connectivity index is 5.31. The molecule has 0 saturated carbocycles. The standard InChI is InChI=1S/C73H123N2O7P/c1-7-10-13-16-19-22-25-28-30-32-34-35-36-37-38-39-41-43-45-48-51-54-57-60-63-66-73(77)82-71(64-61-58-55-52-49-46-27-24-21-18-15-12-9-3)70(69-81-83(78,79)80-68-67-75(4,5)6)74-72(76)65-62-59-56-53-50-47-44-42-40-33-31-29-26-23-20-17-14-11-8-2/h10-11,13-14,19-20,22-23,28-31,34-35,37-38,40,42,47,50,56,59,61,64,70-71H,7-9,12,15-18,21,24-27,32-33,36,39,41,43-46,48-49,51-55,57-58,60,62-63,65-69H2,1-6H3,(H-,74,76,78,79)/b13-10-,14-11-,22-19-,23-20-,30-28-,31-29-,35-34-,38-37-,42-40-,50-47-,59-56-,64-61-. The first-order chi connectivity index (χ1) is 40.4. The lowest BCUT2D eigenvalue weighted by atomic mass is 10.0. The minimum atomic E-state index is -4.73. The third-order valence-electron chi connectivity index (χ3n) is 13.8. The van der Waals surface area contributed by atoms with Crippen molar-refractivity contribution in [3.8, 4) is 0 Å². The van der Waals surface area contributed by atoms with E-state index in [-0.39, 0.29) is 31.3 Å². The number of phosphoric acid groups is 1. The molecule has 1 amide bonds. The van der Waals surface area contributed by atoms with E-state index in [2.05, 4.69) is 148 Å². The minimum absolute atomic E-state index is 0.0447. The molecular weight excluding hydrogens is 1050 g/mol. The van der Waals surface area contributed by atoms with Crippen molar-refractivity contribution in [2.45, 2.75) is 264 Å². The summed E-state index contributed by atoms with van der Waals surface area (Å²) in [4.78, 5) is 40.1. The summed E-state index contributed by atoms with van der Waals surface area (Å²) in [5.41, 5.74) is 0. The summed E-state index contributed by atoms with van der Waals surface area (Å²) in [7, 11) is 1.12. The van der Waals surface area contributed by atoms with Gasteiger partial charge in [-0.15, -0.1) is 0 Å². The van der Waals surface area contributed by atoms with E-state index in [1.165, 1.54) is 89.9 Å². The number of quaternary nitrogens is 1. The van der Waals surface area contributed by atoms with Gasteiger partial charge in [-0.2, -0.15) is 0 Å². The quantitative estimate of drug-likeness (QED) is 0.0212. The fourth-order valence-electron chi connectivity index (χ4n) is 8.75. The average molecular weight is 1170 g/mol. The smallest absolute Gasteiger partial charge is 0.306 e. The van der Waals surface area contributed by atoms with Crippen LogP contribution in [0.4, 0.5) is 0 Å². The molecule has 0 saturated heterocycles. The molecule has 0 radical (unpaired) electrons. The minimum Gasteiger partial charge on any atom is -0.756 e. The number of rotatable bonds is 58. The lowest BCUT2D eigenvalue weighted by molar-refractivity contribution is -0.870. The van der Waals surface area contributed by atoms with E-state index in [1.54, 1.807) is 0 Å². The van der Waals surface area contributed by atoms with Crippen LogP contribution in [0.15, 0.2) is 146 Å². The first kappa shape index (κ1) is 78.9. The Bertz CT molecular complexity index is 1930. The van der Waals surface area contributed by atoms with Gasteiger partial charge >= 0.3 is 5.97 Å². The van der Waals surface area contributed by atoms with Crippen molar-refractivity contribution < 1.29 is 37.3 Å². The highest BCUT2D eigenvalue weighted by Gasteiger charge is 2.27. The van der Waals surface area contributed by atoms with Gasteiger partial charge in [-0.1, -0.05) is 270 Å². The van der Waals surface area contributed by atoms with Gasteiger partial charge in [-0.3, -0.25) is 14.2 Å². The molecule has 0 aromatic heterocycles. The number of likely N-dealkylation sites (N-methyl/N-ethyl adjacent to an activating group) is 1. The van der Waals surface area contributed by atoms with E-state index >= 15 is 0 Å². The maximum Gasteiger partial charge on any atom is 0.306 e. The summed E-state index contributed by atoms with van der Waals surface area (Å²) in [6.07, 6.45) is 88.4. The molecule has 0 aliphatic heterocycles. The molecule has 1 N–H and O–H groups in total. The molecule has 0 heterocycles. The summed E-state index contributed by atoms with van der Waals surface area (Å²) in [5, 5.41) is 2.98. The normalized spacial score (nSPS) is 14.5. The highest BCUT2D eigenvalue weighted by molar-refractivity contribution is 7.45. The topological polar surface area (TPSA) is 114 Å². The van der Waals surface area contributed by atoms with Crippen LogP contribution in [-0.2, 0) is 27.9 Å². The van der Waals surface area contributed by atoms with Gasteiger partial charge in [0.05, 0.1) is 33.8 Å². The SMILES string of the molecule is CC/C=C\C/C=C\C/C=C\C/C=C\C/C=C\C/C=C\CCC(=O)NC(COP(=O)([O-])OCC[N+](C)(C)C)C(/C=C\CCCCCCCCCCCCC)OC(=O)CCCCCCCCCCC/C=C\C/C=C\C/C=C\C/C=C\C/C=C\CC. The van der Waals surface area contributed by atoms with Crippen molar-refractivity contribution in [3.05, 3.63) is 146 Å². The maximum atomic E-state index is 13.5. The number of hydrogen-bond acceptors (Lipinski definition) is 7. The van der Waals surface area contributed by atoms with Crippen LogP contribution in [0.3, 0.4) is 0 Å². The van der Waals surface area contributed by atoms with Crippen molar-refractivity contribution in [3.63, 3.8) is 0 Å². The van der Waals surface area contributed by atoms with E-state index in [4.69, 9.17) is 13.8 Å². The Morgan fingerprint density at radius 2 is 0.783 bits per heavy atom. The second kappa shape index (κ2) is 61.0. The molecular formula is C73H123N2O7P. The summed E-state index contributed by atoms with van der Waals surface area (Å²) in [5.74, 6) is -0.654. The predicted molar refractivity (Wildman–Crippen MR) is 357 cm³/mol. The van der Waals surface area contributed by atoms with Crippen LogP contribution >= 0.6 is 7.82 Å². The number of nitrogens with zero attached hydrogens (tertiary/aromatic N) is 1. The molecule has 9 nitrogen and oxygen atoms in total. The second-order valence-electron chi connectivity index (χ2n) is 22.9. The van der Waals surface area contributed by atoms with Crippen molar-refractivity contribution in [2.75, 3.05) is 40.9 Å². The van der Waals surface area contributed by atoms with Crippen LogP contribution in [0.1, 0.15) is 252 Å². The number of phosphoric ester groups is 1. The molecule has 0 aromatic rings. The monoisotopic (exact) mass is 1170 g/mol. The number of esters is 1. The molecule has 83 heavy (non-hydrogen) atoms. The summed E-state index contributed by atoms with van der Waals surface area (Å²) in [6.45, 7) is 6.54. The molecule has 0 fully saturated rings. The van der Waals surface area contributed by atoms with E-state index in [0.717, 1.165) is 116 Å². The number of ether oxygens (including phenoxy) is 1. The first-order valence-corrected chi connectivity index (χ1v) is 34.6. The molecule has 0 aliphatic carbocycles. The van der Waals surface area contributed by atoms with Crippen LogP contribution in [0.25, 0.3) is 0 Å². The van der Waals surface area contributed by atoms with Crippen LogP contribution < -0.4 is 10.2 Å². The van der Waals surface area contributed by atoms with Crippen molar-refractivity contribution in [1.82, 2.24) is 5.32 Å². The zero-order valence-electron chi connectivity index (χ0n) is 53.8. The van der Waals surface area contributed by atoms with E-state index in [0.29, 0.717) is 23.9 Å². The number of carbonyl (C=O) groups is 2. The molecule has 0 spiro atoms. The number of hydrogen-bond donors (Lipinski definition) is 1. The molecule has 472 valence electrons. The average Bonchev–Trinajstić information content (AvgIpc) is 3.47. The lowest BCUT2D eigenvalue weighted by Gasteiger charge is -2.30. The number of carbonyl (C=O) groups excluding carboxylic acids is 2. The Hall–Kier alpha value is -4.11. The Kier molecular flexibility index (Phi) is 58.0. The second-order valence-corrected chi connectivity index (χ2v) is 24.3. The van der Waals surface area contributed by atoms with Crippen molar-refractivity contribution >= 4 is 19.7 Å². The number of allylic oxidation sites excluding steroid dienone is 23. The fraction of sp³-hybridized carbons (Fsp3) is 0.644. The maximum absolute atomic E-state index is 13.5. The number of nitrogens with one attached hydrogen (secondary N) is 1. The van der Waals surface area contributed by atoms with Crippen LogP contribution in [0.2, 0.25) is 0 Å². The zero-order chi connectivity index (χ0) is 60.7. The molecule has 0 aromatic carbocycles. The Morgan fingerprint density at radius 3 is 1.18 bits per heavy atom. The van der Waals surface area contributed by atoms with Crippen LogP contribution in [-0.4, -0.2) is 69.4 Å². The van der Waals surface area contributed by atoms with Crippen molar-refractivity contribution in [2.24, 2.45) is 0 Å². The van der Waals surface area contributed by atoms with E-state index in [9.17, 15) is 19.0 Å². The van der Waals surface area contributed by atoms with Gasteiger partial charge in [-0.05, 0) is 115 Å². The highest BCUT2D eigenvalue weighted by Crippen LogP contribution is 2.38. The Morgan fingerprint density at radius 1 is 0.434 bits per heavy atom. The third kappa shape index (κ3) is 62.2. The summed E-state index contributed by atoms with van der Waals surface area (Å²) in [6, 6.07) is -0.943. The highest BCUT2D eigenvalue weighted by atomic mass is 31.2. The van der Waals surface area contributed by atoms with Crippen LogP contribution in [0, 0.1) is 0 Å². The summed E-state index contributed by atoms with van der Waals surface area (Å²) < 4.78 is 30.3. The molecule has 3 unspecified atom stereocenters. The van der Waals surface area contributed by atoms with E-state index < -0.39 is 26.6 Å². The molecule has 0 bridgehead atoms. The fourth-order valence-corrected chi connectivity index (χ4v) is 9.47. The zero-order valence-corrected chi connectivity index (χ0v) is 54.7. The van der Waals surface area contributed by atoms with Crippen molar-refractivity contribution in [1.29, 1.82) is 0 Å². The third-order valence-corrected chi connectivity index (χ3v) is 14.7. The van der Waals surface area contributed by atoms with Gasteiger partial charge in [-0.25, -0.2) is 0 Å². The molecule has 0 rings (SSSR count). The van der Waals surface area contributed by atoms with Gasteiger partial charge in [0, 0.05) is 12.8 Å². The lowest BCUT2D eigenvalue weighted by Crippen LogP contribution is -2.47. The van der Waals surface area contributed by atoms with Gasteiger partial charge in [0.15, 0.2) is 0 Å². The molecule has 10 heteroatoms. The number of unbranched alkanes of at least 4 members (excludes halogenated alkanes) is 20. The van der Waals surface area contributed by atoms with Gasteiger partial charge in [0.2, 0.25) is 5.91 Å². The first-order valence-electron chi connectivity index (χ1n) is 33.1.